The van der Waals surface area contributed by atoms with Crippen LogP contribution >= 0.6 is 0 Å². The summed E-state index contributed by atoms with van der Waals surface area (Å²) in [4.78, 5) is 11.7. The lowest BCUT2D eigenvalue weighted by Gasteiger charge is -2.34. The van der Waals surface area contributed by atoms with Crippen LogP contribution in [-0.4, -0.2) is 44.7 Å². The molecule has 1 fully saturated rings. The molecular weight excluding hydrogens is 280 g/mol. The van der Waals surface area contributed by atoms with Gasteiger partial charge in [-0.1, -0.05) is 6.92 Å². The maximum absolute atomic E-state index is 11.7. The number of nitrogens with one attached hydrogen (secondary N) is 1. The van der Waals surface area contributed by atoms with Gasteiger partial charge in [-0.05, 0) is 39.7 Å². The zero-order valence-electron chi connectivity index (χ0n) is 12.7. The second-order valence-corrected chi connectivity index (χ2v) is 9.04. The Hall–Kier alpha value is -0.820. The molecule has 20 heavy (non-hydrogen) atoms. The summed E-state index contributed by atoms with van der Waals surface area (Å²) in [5.41, 5.74) is 4.82. The van der Waals surface area contributed by atoms with E-state index in [4.69, 9.17) is 10.5 Å². The molecule has 1 saturated heterocycles. The van der Waals surface area contributed by atoms with Crippen molar-refractivity contribution in [3.05, 3.63) is 0 Å². The molecular formula is C13H26N2O4S. The van der Waals surface area contributed by atoms with E-state index in [9.17, 15) is 13.2 Å². The lowest BCUT2D eigenvalue weighted by molar-refractivity contribution is 0.0489. The first-order valence-electron chi connectivity index (χ1n) is 6.85. The highest BCUT2D eigenvalue weighted by Gasteiger charge is 2.41. The number of sulfone groups is 1. The van der Waals surface area contributed by atoms with Crippen molar-refractivity contribution in [1.29, 1.82) is 0 Å². The first kappa shape index (κ1) is 17.2. The number of carbonyl (C=O) groups excluding carboxylic acids is 1. The Morgan fingerprint density at radius 3 is 2.35 bits per heavy atom. The minimum absolute atomic E-state index is 0.0209. The second kappa shape index (κ2) is 5.89. The van der Waals surface area contributed by atoms with Gasteiger partial charge < -0.3 is 15.8 Å². The Morgan fingerprint density at radius 1 is 1.35 bits per heavy atom. The lowest BCUT2D eigenvalue weighted by atomic mass is 9.76. The van der Waals surface area contributed by atoms with Crippen molar-refractivity contribution in [3.63, 3.8) is 0 Å². The van der Waals surface area contributed by atoms with Crippen molar-refractivity contribution in [2.45, 2.75) is 39.7 Å². The van der Waals surface area contributed by atoms with Crippen LogP contribution in [0, 0.1) is 11.3 Å². The zero-order chi connectivity index (χ0) is 15.6. The fourth-order valence-corrected chi connectivity index (χ4v) is 4.31. The van der Waals surface area contributed by atoms with E-state index in [-0.39, 0.29) is 17.4 Å². The Bertz CT molecular complexity index is 455. The number of amides is 1. The van der Waals surface area contributed by atoms with E-state index in [1.165, 1.54) is 0 Å². The van der Waals surface area contributed by atoms with Gasteiger partial charge in [-0.3, -0.25) is 0 Å². The highest BCUT2D eigenvalue weighted by atomic mass is 32.2. The Labute approximate surface area is 121 Å². The Balaban J connectivity index is 2.60. The molecule has 0 aromatic carbocycles. The van der Waals surface area contributed by atoms with Crippen LogP contribution in [0.3, 0.4) is 0 Å². The molecule has 3 N–H and O–H groups in total. The summed E-state index contributed by atoms with van der Waals surface area (Å²) in [6.45, 7) is 7.92. The van der Waals surface area contributed by atoms with Crippen molar-refractivity contribution >= 4 is 15.9 Å². The van der Waals surface area contributed by atoms with Gasteiger partial charge in [0.05, 0.1) is 11.5 Å². The number of nitrogens with two attached hydrogens (primary N) is 1. The number of carbonyl (C=O) groups is 1. The third-order valence-corrected chi connectivity index (χ3v) is 5.49. The number of rotatable bonds is 4. The maximum Gasteiger partial charge on any atom is 0.407 e. The van der Waals surface area contributed by atoms with Crippen molar-refractivity contribution in [1.82, 2.24) is 5.32 Å². The minimum Gasteiger partial charge on any atom is -0.444 e. The van der Waals surface area contributed by atoms with E-state index in [0.29, 0.717) is 19.5 Å². The molecule has 1 rings (SSSR count). The van der Waals surface area contributed by atoms with Crippen molar-refractivity contribution < 1.29 is 17.9 Å². The van der Waals surface area contributed by atoms with Gasteiger partial charge in [0.1, 0.15) is 5.60 Å². The minimum atomic E-state index is -2.96. The standard InChI is InChI=1S/C13H26N2O4S/c1-12(2,3)19-11(16)15-9-13(4,8-14)10-5-6-20(17,18)7-10/h10H,5-9,14H2,1-4H3,(H,15,16). The van der Waals surface area contributed by atoms with Gasteiger partial charge in [-0.2, -0.15) is 0 Å². The van der Waals surface area contributed by atoms with Gasteiger partial charge >= 0.3 is 6.09 Å². The molecule has 0 aromatic rings. The lowest BCUT2D eigenvalue weighted by Crippen LogP contribution is -2.46. The fraction of sp³-hybridized carbons (Fsp3) is 0.923. The molecule has 0 spiro atoms. The van der Waals surface area contributed by atoms with Gasteiger partial charge in [0.2, 0.25) is 0 Å². The molecule has 2 atom stereocenters. The van der Waals surface area contributed by atoms with Crippen LogP contribution in [0.25, 0.3) is 0 Å². The van der Waals surface area contributed by atoms with Gasteiger partial charge in [0.15, 0.2) is 9.84 Å². The summed E-state index contributed by atoms with van der Waals surface area (Å²) in [7, 11) is -2.96. The van der Waals surface area contributed by atoms with Crippen LogP contribution in [0.4, 0.5) is 4.79 Å². The van der Waals surface area contributed by atoms with Gasteiger partial charge in [0, 0.05) is 12.0 Å². The smallest absolute Gasteiger partial charge is 0.407 e. The summed E-state index contributed by atoms with van der Waals surface area (Å²) in [6.07, 6.45) is 0.101. The molecule has 1 aliphatic rings. The Morgan fingerprint density at radius 2 is 1.95 bits per heavy atom. The van der Waals surface area contributed by atoms with Gasteiger partial charge in [0.25, 0.3) is 0 Å². The molecule has 118 valence electrons. The maximum atomic E-state index is 11.7. The highest BCUT2D eigenvalue weighted by molar-refractivity contribution is 7.91. The molecule has 7 heteroatoms. The van der Waals surface area contributed by atoms with E-state index in [1.54, 1.807) is 20.8 Å². The molecule has 0 saturated carbocycles. The highest BCUT2D eigenvalue weighted by Crippen LogP contribution is 2.34. The first-order valence-corrected chi connectivity index (χ1v) is 8.67. The number of alkyl carbamates (subject to hydrolysis) is 1. The number of hydrogen-bond acceptors (Lipinski definition) is 5. The van der Waals surface area contributed by atoms with Gasteiger partial charge in [-0.15, -0.1) is 0 Å². The average Bonchev–Trinajstić information content (AvgIpc) is 2.65. The molecule has 0 aromatic heterocycles. The monoisotopic (exact) mass is 306 g/mol. The van der Waals surface area contributed by atoms with Crippen molar-refractivity contribution in [2.75, 3.05) is 24.6 Å². The van der Waals surface area contributed by atoms with Crippen LogP contribution < -0.4 is 11.1 Å². The molecule has 1 aliphatic heterocycles. The third-order valence-electron chi connectivity index (χ3n) is 3.72. The molecule has 2 unspecified atom stereocenters. The predicted molar refractivity (Wildman–Crippen MR) is 78.2 cm³/mol. The van der Waals surface area contributed by atoms with E-state index < -0.39 is 26.9 Å². The topological polar surface area (TPSA) is 98.5 Å². The number of hydrogen-bond donors (Lipinski definition) is 2. The zero-order valence-corrected chi connectivity index (χ0v) is 13.5. The van der Waals surface area contributed by atoms with Crippen LogP contribution in [0.15, 0.2) is 0 Å². The summed E-state index contributed by atoms with van der Waals surface area (Å²) in [6, 6.07) is 0. The summed E-state index contributed by atoms with van der Waals surface area (Å²) in [5.74, 6) is 0.337. The molecule has 1 heterocycles. The SMILES string of the molecule is CC(C)(C)OC(=O)NCC(C)(CN)C1CCS(=O)(=O)C1. The summed E-state index contributed by atoms with van der Waals surface area (Å²) >= 11 is 0. The van der Waals surface area contributed by atoms with E-state index >= 15 is 0 Å². The quantitative estimate of drug-likeness (QED) is 0.804. The van der Waals surface area contributed by atoms with E-state index in [0.717, 1.165) is 0 Å². The van der Waals surface area contributed by atoms with Crippen LogP contribution in [0.5, 0.6) is 0 Å². The third kappa shape index (κ3) is 4.94. The fourth-order valence-electron chi connectivity index (χ4n) is 2.32. The predicted octanol–water partition coefficient (Wildman–Crippen LogP) is 0.911. The van der Waals surface area contributed by atoms with Crippen molar-refractivity contribution in [3.8, 4) is 0 Å². The van der Waals surface area contributed by atoms with E-state index in [2.05, 4.69) is 5.32 Å². The summed E-state index contributed by atoms with van der Waals surface area (Å²) in [5, 5.41) is 2.70. The van der Waals surface area contributed by atoms with Crippen LogP contribution in [0.1, 0.15) is 34.1 Å². The van der Waals surface area contributed by atoms with Crippen LogP contribution in [-0.2, 0) is 14.6 Å². The average molecular weight is 306 g/mol. The molecule has 6 nitrogen and oxygen atoms in total. The first-order chi connectivity index (χ1) is 8.97. The van der Waals surface area contributed by atoms with Gasteiger partial charge in [-0.25, -0.2) is 13.2 Å². The van der Waals surface area contributed by atoms with Crippen LogP contribution in [0.2, 0.25) is 0 Å². The Kier molecular flexibility index (Phi) is 5.08. The molecule has 1 amide bonds. The normalized spacial score (nSPS) is 24.9. The molecule has 0 radical (unpaired) electrons. The largest absolute Gasteiger partial charge is 0.444 e. The van der Waals surface area contributed by atoms with Crippen molar-refractivity contribution in [2.24, 2.45) is 17.1 Å². The molecule has 0 aliphatic carbocycles. The molecule has 0 bridgehead atoms. The second-order valence-electron chi connectivity index (χ2n) is 6.81. The van der Waals surface area contributed by atoms with E-state index in [1.807, 2.05) is 6.92 Å². The summed E-state index contributed by atoms with van der Waals surface area (Å²) < 4.78 is 28.3. The number of ether oxygens (including phenoxy) is 1.